The number of hydrogen-bond acceptors (Lipinski definition) is 2. The lowest BCUT2D eigenvalue weighted by Crippen LogP contribution is -2.15. The minimum atomic E-state index is -0.937. The molecular weight excluding hydrogens is 268 g/mol. The molecule has 1 aromatic carbocycles. The summed E-state index contributed by atoms with van der Waals surface area (Å²) < 4.78 is 0. The summed E-state index contributed by atoms with van der Waals surface area (Å²) in [6.45, 7) is 5.33. The number of carboxylic acid groups (broad SMARTS) is 2. The van der Waals surface area contributed by atoms with Crippen molar-refractivity contribution in [1.29, 1.82) is 0 Å². The number of rotatable bonds is 8. The van der Waals surface area contributed by atoms with Gasteiger partial charge in [0, 0.05) is 0 Å². The summed E-state index contributed by atoms with van der Waals surface area (Å²) in [5.41, 5.74) is 2.29. The number of aliphatic carboxylic acids is 2. The molecule has 1 rings (SSSR count). The molecule has 21 heavy (non-hydrogen) atoms. The van der Waals surface area contributed by atoms with Gasteiger partial charge in [0.1, 0.15) is 0 Å². The van der Waals surface area contributed by atoms with E-state index in [0.717, 1.165) is 31.2 Å². The highest BCUT2D eigenvalue weighted by Crippen LogP contribution is 2.28. The number of benzene rings is 1. The third-order valence-corrected chi connectivity index (χ3v) is 3.89. The average Bonchev–Trinajstić information content (AvgIpc) is 2.45. The fraction of sp³-hybridized carbons (Fsp3) is 0.529. The quantitative estimate of drug-likeness (QED) is 0.715. The molecule has 0 aliphatic heterocycles. The SMILES string of the molecule is CCCCCc1ccc(C(C)C(=O)O)c(C(C)C(=O)O)c1. The second kappa shape index (κ2) is 7.81. The van der Waals surface area contributed by atoms with Crippen LogP contribution in [0, 0.1) is 0 Å². The molecule has 4 nitrogen and oxygen atoms in total. The van der Waals surface area contributed by atoms with Gasteiger partial charge in [-0.1, -0.05) is 38.0 Å². The number of hydrogen-bond donors (Lipinski definition) is 2. The molecule has 0 saturated heterocycles. The normalized spacial score (nSPS) is 13.7. The van der Waals surface area contributed by atoms with Gasteiger partial charge in [0.2, 0.25) is 0 Å². The van der Waals surface area contributed by atoms with Gasteiger partial charge in [-0.05, 0) is 43.4 Å². The molecule has 0 amide bonds. The number of carboxylic acids is 2. The maximum atomic E-state index is 11.3. The van der Waals surface area contributed by atoms with Crippen LogP contribution in [0.4, 0.5) is 0 Å². The Morgan fingerprint density at radius 3 is 2.10 bits per heavy atom. The van der Waals surface area contributed by atoms with E-state index in [-0.39, 0.29) is 0 Å². The maximum absolute atomic E-state index is 11.3. The van der Waals surface area contributed by atoms with Gasteiger partial charge in [0.05, 0.1) is 11.8 Å². The smallest absolute Gasteiger partial charge is 0.310 e. The lowest BCUT2D eigenvalue weighted by Gasteiger charge is -2.18. The van der Waals surface area contributed by atoms with E-state index < -0.39 is 23.8 Å². The Balaban J connectivity index is 3.13. The van der Waals surface area contributed by atoms with E-state index >= 15 is 0 Å². The molecule has 2 unspecified atom stereocenters. The molecule has 0 aliphatic rings. The first-order chi connectivity index (χ1) is 9.88. The van der Waals surface area contributed by atoms with Crippen LogP contribution in [0.15, 0.2) is 18.2 Å². The summed E-state index contributed by atoms with van der Waals surface area (Å²) in [7, 11) is 0. The molecule has 0 radical (unpaired) electrons. The maximum Gasteiger partial charge on any atom is 0.310 e. The van der Waals surface area contributed by atoms with Gasteiger partial charge in [0.15, 0.2) is 0 Å². The molecule has 4 heteroatoms. The summed E-state index contributed by atoms with van der Waals surface area (Å²) in [6, 6.07) is 5.56. The third-order valence-electron chi connectivity index (χ3n) is 3.89. The first-order valence-electron chi connectivity index (χ1n) is 7.46. The largest absolute Gasteiger partial charge is 0.481 e. The van der Waals surface area contributed by atoms with Crippen molar-refractivity contribution in [1.82, 2.24) is 0 Å². The molecule has 116 valence electrons. The standard InChI is InChI=1S/C17H24O4/c1-4-5-6-7-13-8-9-14(11(2)16(18)19)15(10-13)12(3)17(20)21/h8-12H,4-7H2,1-3H3,(H,18,19)(H,20,21). The minimum Gasteiger partial charge on any atom is -0.481 e. The van der Waals surface area contributed by atoms with Crippen LogP contribution in [0.25, 0.3) is 0 Å². The van der Waals surface area contributed by atoms with Crippen molar-refractivity contribution in [3.63, 3.8) is 0 Å². The van der Waals surface area contributed by atoms with Crippen molar-refractivity contribution < 1.29 is 19.8 Å². The summed E-state index contributed by atoms with van der Waals surface area (Å²) in [6.07, 6.45) is 4.23. The fourth-order valence-corrected chi connectivity index (χ4v) is 2.39. The zero-order valence-electron chi connectivity index (χ0n) is 12.9. The molecule has 2 N–H and O–H groups in total. The van der Waals surface area contributed by atoms with Crippen molar-refractivity contribution in [2.45, 2.75) is 58.3 Å². The van der Waals surface area contributed by atoms with Gasteiger partial charge in [-0.2, -0.15) is 0 Å². The van der Waals surface area contributed by atoms with Crippen molar-refractivity contribution in [2.75, 3.05) is 0 Å². The van der Waals surface area contributed by atoms with Crippen LogP contribution < -0.4 is 0 Å². The first kappa shape index (κ1) is 17.2. The monoisotopic (exact) mass is 292 g/mol. The lowest BCUT2D eigenvalue weighted by molar-refractivity contribution is -0.140. The van der Waals surface area contributed by atoms with Gasteiger partial charge in [0.25, 0.3) is 0 Å². The van der Waals surface area contributed by atoms with E-state index in [1.807, 2.05) is 12.1 Å². The third kappa shape index (κ3) is 4.59. The molecule has 0 aromatic heterocycles. The summed E-state index contributed by atoms with van der Waals surface area (Å²) in [5.74, 6) is -3.27. The van der Waals surface area contributed by atoms with Crippen molar-refractivity contribution in [3.05, 3.63) is 34.9 Å². The summed E-state index contributed by atoms with van der Waals surface area (Å²) >= 11 is 0. The van der Waals surface area contributed by atoms with Crippen molar-refractivity contribution >= 4 is 11.9 Å². The highest BCUT2D eigenvalue weighted by atomic mass is 16.4. The zero-order valence-corrected chi connectivity index (χ0v) is 12.9. The first-order valence-corrected chi connectivity index (χ1v) is 7.46. The van der Waals surface area contributed by atoms with E-state index in [4.69, 9.17) is 0 Å². The Kier molecular flexibility index (Phi) is 6.40. The second-order valence-corrected chi connectivity index (χ2v) is 5.54. The van der Waals surface area contributed by atoms with Gasteiger partial charge < -0.3 is 10.2 Å². The van der Waals surface area contributed by atoms with E-state index in [1.54, 1.807) is 19.9 Å². The van der Waals surface area contributed by atoms with Crippen molar-refractivity contribution in [2.24, 2.45) is 0 Å². The van der Waals surface area contributed by atoms with E-state index in [0.29, 0.717) is 11.1 Å². The Bertz CT molecular complexity index is 508. The van der Waals surface area contributed by atoms with Crippen molar-refractivity contribution in [3.8, 4) is 0 Å². The Morgan fingerprint density at radius 1 is 1.00 bits per heavy atom. The van der Waals surface area contributed by atoms with Crippen LogP contribution in [0.3, 0.4) is 0 Å². The Labute approximate surface area is 125 Å². The summed E-state index contributed by atoms with van der Waals surface area (Å²) in [5, 5.41) is 18.4. The van der Waals surface area contributed by atoms with E-state index in [1.165, 1.54) is 0 Å². The van der Waals surface area contributed by atoms with E-state index in [9.17, 15) is 19.8 Å². The minimum absolute atomic E-state index is 0.594. The van der Waals surface area contributed by atoms with Crippen LogP contribution in [0.5, 0.6) is 0 Å². The molecule has 2 atom stereocenters. The predicted octanol–water partition coefficient (Wildman–Crippen LogP) is 3.80. The molecule has 0 spiro atoms. The Hall–Kier alpha value is -1.84. The van der Waals surface area contributed by atoms with Crippen LogP contribution >= 0.6 is 0 Å². The van der Waals surface area contributed by atoms with Crippen LogP contribution in [-0.4, -0.2) is 22.2 Å². The number of carbonyl (C=O) groups is 2. The second-order valence-electron chi connectivity index (χ2n) is 5.54. The fourth-order valence-electron chi connectivity index (χ4n) is 2.39. The van der Waals surface area contributed by atoms with Crippen LogP contribution in [-0.2, 0) is 16.0 Å². The highest BCUT2D eigenvalue weighted by molar-refractivity contribution is 5.80. The average molecular weight is 292 g/mol. The van der Waals surface area contributed by atoms with Gasteiger partial charge in [-0.25, -0.2) is 0 Å². The highest BCUT2D eigenvalue weighted by Gasteiger charge is 2.23. The van der Waals surface area contributed by atoms with Gasteiger partial charge in [-0.3, -0.25) is 9.59 Å². The molecule has 0 bridgehead atoms. The van der Waals surface area contributed by atoms with Crippen LogP contribution in [0.2, 0.25) is 0 Å². The van der Waals surface area contributed by atoms with Gasteiger partial charge >= 0.3 is 11.9 Å². The molecule has 0 fully saturated rings. The lowest BCUT2D eigenvalue weighted by atomic mass is 9.87. The molecule has 0 aliphatic carbocycles. The molecular formula is C17H24O4. The molecule has 0 saturated carbocycles. The topological polar surface area (TPSA) is 74.6 Å². The summed E-state index contributed by atoms with van der Waals surface area (Å²) in [4.78, 5) is 22.5. The number of unbranched alkanes of at least 4 members (excludes halogenated alkanes) is 2. The van der Waals surface area contributed by atoms with E-state index in [2.05, 4.69) is 6.92 Å². The molecule has 0 heterocycles. The molecule has 1 aromatic rings. The Morgan fingerprint density at radius 2 is 1.57 bits per heavy atom. The number of aryl methyl sites for hydroxylation is 1. The van der Waals surface area contributed by atoms with Gasteiger partial charge in [-0.15, -0.1) is 0 Å². The zero-order chi connectivity index (χ0) is 16.0. The predicted molar refractivity (Wildman–Crippen MR) is 81.8 cm³/mol. The van der Waals surface area contributed by atoms with Crippen LogP contribution in [0.1, 0.15) is 68.6 Å².